The zero-order chi connectivity index (χ0) is 19.2. The summed E-state index contributed by atoms with van der Waals surface area (Å²) in [6.07, 6.45) is 2.01. The maximum atomic E-state index is 10.8. The molecule has 0 saturated heterocycles. The van der Waals surface area contributed by atoms with Gasteiger partial charge in [0.2, 0.25) is 0 Å². The van der Waals surface area contributed by atoms with Crippen LogP contribution in [0.2, 0.25) is 0 Å². The van der Waals surface area contributed by atoms with E-state index in [2.05, 4.69) is 47.1 Å². The second-order valence-electron chi connectivity index (χ2n) is 5.39. The Morgan fingerprint density at radius 2 is 1.85 bits per heavy atom. The Kier molecular flexibility index (Phi) is 9.47. The van der Waals surface area contributed by atoms with Crippen LogP contribution in [0.3, 0.4) is 0 Å². The molecule has 0 atom stereocenters. The van der Waals surface area contributed by atoms with Crippen molar-refractivity contribution in [2.75, 3.05) is 23.7 Å². The summed E-state index contributed by atoms with van der Waals surface area (Å²) in [6.45, 7) is 3.24. The first kappa shape index (κ1) is 23.6. The first-order valence-corrected chi connectivity index (χ1v) is 11.0. The maximum absolute atomic E-state index is 10.8. The third-order valence-electron chi connectivity index (χ3n) is 3.48. The molecule has 0 aliphatic heterocycles. The van der Waals surface area contributed by atoms with Crippen LogP contribution in [0.25, 0.3) is 0 Å². The molecule has 148 valence electrons. The fourth-order valence-electron chi connectivity index (χ4n) is 2.22. The molecule has 0 fully saturated rings. The summed E-state index contributed by atoms with van der Waals surface area (Å²) in [6, 6.07) is 9.30. The predicted octanol–water partition coefficient (Wildman–Crippen LogP) is 4.30. The van der Waals surface area contributed by atoms with E-state index in [0.29, 0.717) is 24.5 Å². The lowest BCUT2D eigenvalue weighted by Gasteiger charge is -2.22. The summed E-state index contributed by atoms with van der Waals surface area (Å²) in [5, 5.41) is 8.30. The van der Waals surface area contributed by atoms with E-state index in [4.69, 9.17) is 4.55 Å². The molecule has 27 heavy (non-hydrogen) atoms. The van der Waals surface area contributed by atoms with Gasteiger partial charge in [-0.15, -0.1) is 10.2 Å². The van der Waals surface area contributed by atoms with Crippen molar-refractivity contribution in [2.45, 2.75) is 13.3 Å². The van der Waals surface area contributed by atoms with Gasteiger partial charge < -0.3 is 10.4 Å². The van der Waals surface area contributed by atoms with Gasteiger partial charge in [-0.05, 0) is 75.5 Å². The number of pyridine rings is 1. The quantitative estimate of drug-likeness (QED) is 0.407. The smallest absolute Gasteiger partial charge is 0.264 e. The number of rotatable bonds is 8. The maximum Gasteiger partial charge on any atom is 0.264 e. The summed E-state index contributed by atoms with van der Waals surface area (Å²) in [7, 11) is -3.92. The molecule has 1 heterocycles. The van der Waals surface area contributed by atoms with Gasteiger partial charge in [0.15, 0.2) is 5.82 Å². The normalized spacial score (nSPS) is 11.4. The number of anilines is 1. The molecule has 2 rings (SSSR count). The van der Waals surface area contributed by atoms with Gasteiger partial charge in [0.1, 0.15) is 0 Å². The van der Waals surface area contributed by atoms with Crippen molar-refractivity contribution in [2.24, 2.45) is 10.2 Å². The monoisotopic (exact) mass is 522 g/mol. The number of halogens is 2. The second kappa shape index (κ2) is 10.8. The van der Waals surface area contributed by atoms with Crippen LogP contribution in [0.1, 0.15) is 13.3 Å². The molecular weight excluding hydrogens is 504 g/mol. The van der Waals surface area contributed by atoms with Gasteiger partial charge in [-0.25, -0.2) is 4.98 Å². The first-order chi connectivity index (χ1) is 12.3. The lowest BCUT2D eigenvalue weighted by atomic mass is 10.2. The molecule has 0 spiro atoms. The van der Waals surface area contributed by atoms with Crippen molar-refractivity contribution in [3.05, 3.63) is 45.5 Å². The zero-order valence-electron chi connectivity index (χ0n) is 14.5. The number of aromatic nitrogens is 1. The van der Waals surface area contributed by atoms with Gasteiger partial charge in [-0.1, -0.05) is 0 Å². The van der Waals surface area contributed by atoms with Gasteiger partial charge in [0, 0.05) is 29.4 Å². The summed E-state index contributed by atoms with van der Waals surface area (Å²) in [4.78, 5) is 6.20. The Hall–Kier alpha value is -1.40. The van der Waals surface area contributed by atoms with Crippen molar-refractivity contribution >= 4 is 59.2 Å². The highest BCUT2D eigenvalue weighted by Gasteiger charge is 2.08. The zero-order valence-corrected chi connectivity index (χ0v) is 18.5. The lowest BCUT2D eigenvalue weighted by molar-refractivity contribution is 0.481. The highest BCUT2D eigenvalue weighted by atomic mass is 79.9. The topological polar surface area (TPSA) is 127 Å². The van der Waals surface area contributed by atoms with Crippen molar-refractivity contribution < 1.29 is 18.4 Å². The average molecular weight is 524 g/mol. The minimum Gasteiger partial charge on any atom is -0.412 e. The molecule has 0 unspecified atom stereocenters. The molecule has 1 aromatic heterocycles. The van der Waals surface area contributed by atoms with Gasteiger partial charge in [-0.3, -0.25) is 4.55 Å². The van der Waals surface area contributed by atoms with E-state index in [0.717, 1.165) is 21.2 Å². The van der Waals surface area contributed by atoms with Crippen molar-refractivity contribution in [3.63, 3.8) is 0 Å². The van der Waals surface area contributed by atoms with Crippen LogP contribution in [0.4, 0.5) is 17.2 Å². The van der Waals surface area contributed by atoms with E-state index >= 15 is 0 Å². The Morgan fingerprint density at radius 1 is 1.19 bits per heavy atom. The number of nitrogens with zero attached hydrogens (tertiary/aromatic N) is 4. The van der Waals surface area contributed by atoms with E-state index in [1.807, 2.05) is 42.2 Å². The molecule has 11 heteroatoms. The predicted molar refractivity (Wildman–Crippen MR) is 113 cm³/mol. The molecule has 0 radical (unpaired) electrons. The Bertz CT molecular complexity index is 876. The number of hydrogen-bond acceptors (Lipinski definition) is 6. The Balaban J connectivity index is 0.00000364. The van der Waals surface area contributed by atoms with Gasteiger partial charge >= 0.3 is 0 Å². The van der Waals surface area contributed by atoms with Gasteiger partial charge in [0.25, 0.3) is 10.1 Å². The highest BCUT2D eigenvalue weighted by molar-refractivity contribution is 9.11. The van der Waals surface area contributed by atoms with E-state index in [1.54, 1.807) is 6.20 Å². The highest BCUT2D eigenvalue weighted by Crippen LogP contribution is 2.28. The molecule has 8 nitrogen and oxygen atoms in total. The van der Waals surface area contributed by atoms with Crippen LogP contribution in [0, 0.1) is 0 Å². The first-order valence-electron chi connectivity index (χ1n) is 7.81. The van der Waals surface area contributed by atoms with Crippen LogP contribution in [0.15, 0.2) is 55.7 Å². The molecule has 0 amide bonds. The van der Waals surface area contributed by atoms with E-state index < -0.39 is 10.1 Å². The average Bonchev–Trinajstić information content (AvgIpc) is 2.58. The third-order valence-corrected chi connectivity index (χ3v) is 5.30. The van der Waals surface area contributed by atoms with E-state index in [-0.39, 0.29) is 11.2 Å². The standard InChI is InChI=1S/C16H18Br2N4O3S.H2O/c1-2-22(8-3-9-26(23,24)25)14-6-4-13(5-7-14)20-21-16-15(18)10-12(17)11-19-16;/h4-7,10-11H,2-3,8-9H2,1H3,(H,23,24,25);1H2. The van der Waals surface area contributed by atoms with E-state index in [9.17, 15) is 8.42 Å². The molecule has 0 aliphatic rings. The van der Waals surface area contributed by atoms with Gasteiger partial charge in [0.05, 0.1) is 15.9 Å². The summed E-state index contributed by atoms with van der Waals surface area (Å²) < 4.78 is 32.0. The SMILES string of the molecule is CCN(CCCS(=O)(=O)O)c1ccc(N=Nc2ncc(Br)cc2Br)cc1.O. The lowest BCUT2D eigenvalue weighted by Crippen LogP contribution is -2.25. The minimum absolute atomic E-state index is 0. The Labute approximate surface area is 175 Å². The molecule has 2 aromatic rings. The van der Waals surface area contributed by atoms with Crippen LogP contribution in [-0.4, -0.2) is 42.3 Å². The second-order valence-corrected chi connectivity index (χ2v) is 8.74. The molecule has 0 saturated carbocycles. The summed E-state index contributed by atoms with van der Waals surface area (Å²) in [5.41, 5.74) is 1.63. The fourth-order valence-corrected chi connectivity index (χ4v) is 3.78. The molecule has 0 aliphatic carbocycles. The fraction of sp³-hybridized carbons (Fsp3) is 0.312. The van der Waals surface area contributed by atoms with Crippen molar-refractivity contribution in [1.29, 1.82) is 0 Å². The number of hydrogen-bond donors (Lipinski definition) is 1. The van der Waals surface area contributed by atoms with Crippen molar-refractivity contribution in [3.8, 4) is 0 Å². The van der Waals surface area contributed by atoms with E-state index in [1.165, 1.54) is 0 Å². The number of benzene rings is 1. The minimum atomic E-state index is -3.92. The largest absolute Gasteiger partial charge is 0.412 e. The molecular formula is C16H20Br2N4O4S. The molecule has 1 aromatic carbocycles. The number of azo groups is 1. The van der Waals surface area contributed by atoms with Crippen LogP contribution < -0.4 is 4.90 Å². The summed E-state index contributed by atoms with van der Waals surface area (Å²) in [5.74, 6) is 0.239. The molecule has 0 bridgehead atoms. The summed E-state index contributed by atoms with van der Waals surface area (Å²) >= 11 is 6.72. The van der Waals surface area contributed by atoms with Crippen LogP contribution in [0.5, 0.6) is 0 Å². The molecule has 3 N–H and O–H groups in total. The Morgan fingerprint density at radius 3 is 2.41 bits per heavy atom. The third kappa shape index (κ3) is 8.01. The van der Waals surface area contributed by atoms with Crippen LogP contribution >= 0.6 is 31.9 Å². The van der Waals surface area contributed by atoms with Crippen molar-refractivity contribution in [1.82, 2.24) is 4.98 Å². The van der Waals surface area contributed by atoms with Gasteiger partial charge in [-0.2, -0.15) is 8.42 Å². The van der Waals surface area contributed by atoms with Crippen LogP contribution in [-0.2, 0) is 10.1 Å².